The zero-order valence-corrected chi connectivity index (χ0v) is 12.7. The Morgan fingerprint density at radius 3 is 2.50 bits per heavy atom. The van der Waals surface area contributed by atoms with Gasteiger partial charge in [0.1, 0.15) is 0 Å². The van der Waals surface area contributed by atoms with Gasteiger partial charge in [0.05, 0.1) is 11.4 Å². The van der Waals surface area contributed by atoms with Crippen LogP contribution in [-0.4, -0.2) is 12.8 Å². The van der Waals surface area contributed by atoms with Gasteiger partial charge in [0.2, 0.25) is 0 Å². The molecule has 2 N–H and O–H groups in total. The van der Waals surface area contributed by atoms with Gasteiger partial charge in [0, 0.05) is 18.5 Å². The minimum Gasteiger partial charge on any atom is -0.387 e. The summed E-state index contributed by atoms with van der Waals surface area (Å²) in [5.41, 5.74) is 5.02. The predicted octanol–water partition coefficient (Wildman–Crippen LogP) is 4.28. The molecule has 0 bridgehead atoms. The first-order valence-corrected chi connectivity index (χ1v) is 7.59. The molecule has 1 atom stereocenters. The quantitative estimate of drug-likeness (QED) is 0.856. The summed E-state index contributed by atoms with van der Waals surface area (Å²) in [5.74, 6) is 0.439. The second kappa shape index (κ2) is 6.44. The summed E-state index contributed by atoms with van der Waals surface area (Å²) in [6.45, 7) is 0. The molecule has 0 heterocycles. The number of rotatable bonds is 3. The Hall–Kier alpha value is -2.61. The van der Waals surface area contributed by atoms with E-state index < -0.39 is 0 Å². The Labute approximate surface area is 131 Å². The summed E-state index contributed by atoms with van der Waals surface area (Å²) in [5, 5.41) is 11.3. The average molecular weight is 288 g/mol. The fraction of sp³-hybridized carbons (Fsp3) is 0.150. The molecule has 0 radical (unpaired) electrons. The van der Waals surface area contributed by atoms with Crippen molar-refractivity contribution < 1.29 is 0 Å². The van der Waals surface area contributed by atoms with E-state index in [1.54, 1.807) is 0 Å². The van der Waals surface area contributed by atoms with E-state index in [1.165, 1.54) is 5.56 Å². The topological polar surface area (TPSA) is 35.9 Å². The molecule has 0 saturated carbocycles. The molecule has 2 heteroatoms. The van der Waals surface area contributed by atoms with E-state index in [4.69, 9.17) is 5.41 Å². The van der Waals surface area contributed by atoms with E-state index >= 15 is 0 Å². The number of benzene rings is 1. The molecular formula is C20H20N2. The highest BCUT2D eigenvalue weighted by molar-refractivity contribution is 6.10. The van der Waals surface area contributed by atoms with Crippen LogP contribution >= 0.6 is 0 Å². The van der Waals surface area contributed by atoms with Crippen molar-refractivity contribution in [2.45, 2.75) is 12.3 Å². The molecular weight excluding hydrogens is 268 g/mol. The predicted molar refractivity (Wildman–Crippen MR) is 93.1 cm³/mol. The minimum atomic E-state index is 0.439. The first kappa shape index (κ1) is 14.3. The van der Waals surface area contributed by atoms with Crippen LogP contribution in [0.3, 0.4) is 0 Å². The smallest absolute Gasteiger partial charge is 0.0633 e. The molecule has 0 fully saturated rings. The second-order valence-corrected chi connectivity index (χ2v) is 5.44. The Morgan fingerprint density at radius 2 is 1.86 bits per heavy atom. The van der Waals surface area contributed by atoms with Crippen molar-refractivity contribution in [3.63, 3.8) is 0 Å². The first-order chi connectivity index (χ1) is 10.8. The van der Waals surface area contributed by atoms with Crippen molar-refractivity contribution in [1.29, 1.82) is 5.41 Å². The molecule has 0 spiro atoms. The lowest BCUT2D eigenvalue weighted by Crippen LogP contribution is -2.16. The summed E-state index contributed by atoms with van der Waals surface area (Å²) < 4.78 is 0. The average Bonchev–Trinajstić information content (AvgIpc) is 2.59. The second-order valence-electron chi connectivity index (χ2n) is 5.44. The van der Waals surface area contributed by atoms with E-state index in [-0.39, 0.29) is 0 Å². The zero-order valence-electron chi connectivity index (χ0n) is 12.7. The minimum absolute atomic E-state index is 0.439. The third-order valence-electron chi connectivity index (χ3n) is 4.06. The van der Waals surface area contributed by atoms with Gasteiger partial charge in [-0.15, -0.1) is 0 Å². The molecule has 1 aromatic rings. The Bertz CT molecular complexity index is 715. The van der Waals surface area contributed by atoms with Crippen molar-refractivity contribution in [1.82, 2.24) is 5.32 Å². The van der Waals surface area contributed by atoms with Gasteiger partial charge in [-0.3, -0.25) is 0 Å². The van der Waals surface area contributed by atoms with Gasteiger partial charge in [-0.2, -0.15) is 0 Å². The lowest BCUT2D eigenvalue weighted by atomic mass is 9.88. The van der Waals surface area contributed by atoms with Crippen molar-refractivity contribution in [3.8, 4) is 0 Å². The molecule has 0 aliphatic heterocycles. The highest BCUT2D eigenvalue weighted by Crippen LogP contribution is 2.29. The van der Waals surface area contributed by atoms with Gasteiger partial charge in [-0.1, -0.05) is 66.8 Å². The molecule has 0 amide bonds. The van der Waals surface area contributed by atoms with Crippen molar-refractivity contribution in [3.05, 3.63) is 95.3 Å². The van der Waals surface area contributed by atoms with Crippen LogP contribution in [0.5, 0.6) is 0 Å². The third kappa shape index (κ3) is 2.86. The van der Waals surface area contributed by atoms with Crippen LogP contribution in [0, 0.1) is 5.41 Å². The molecule has 110 valence electrons. The number of hydrogen-bond acceptors (Lipinski definition) is 2. The monoisotopic (exact) mass is 288 g/mol. The molecule has 2 aliphatic rings. The summed E-state index contributed by atoms with van der Waals surface area (Å²) >= 11 is 0. The Balaban J connectivity index is 1.85. The standard InChI is InChI=1S/C20H20N2/c1-22-20(18-9-5-6-10-19(18)21)17-13-11-16(12-14-17)15-7-3-2-4-8-15/h2-11,13-14,16,21-22H,12H2,1H3/b20-18-,21-19?. The Kier molecular flexibility index (Phi) is 4.19. The third-order valence-corrected chi connectivity index (χ3v) is 4.06. The maximum absolute atomic E-state index is 8.09. The summed E-state index contributed by atoms with van der Waals surface area (Å²) in [6, 6.07) is 10.6. The largest absolute Gasteiger partial charge is 0.387 e. The van der Waals surface area contributed by atoms with Gasteiger partial charge in [0.15, 0.2) is 0 Å². The molecule has 2 nitrogen and oxygen atoms in total. The van der Waals surface area contributed by atoms with Crippen LogP contribution in [0.15, 0.2) is 89.7 Å². The molecule has 3 rings (SSSR count). The van der Waals surface area contributed by atoms with Crippen LogP contribution in [0.1, 0.15) is 17.9 Å². The molecule has 1 aromatic carbocycles. The lowest BCUT2D eigenvalue weighted by Gasteiger charge is -2.20. The van der Waals surface area contributed by atoms with Gasteiger partial charge in [0.25, 0.3) is 0 Å². The van der Waals surface area contributed by atoms with Gasteiger partial charge in [-0.25, -0.2) is 0 Å². The van der Waals surface area contributed by atoms with Crippen LogP contribution in [0.25, 0.3) is 0 Å². The SMILES string of the molecule is CN/C(C1=CCC(c2ccccc2)C=C1)=C1/C=CC=CC1=N. The van der Waals surface area contributed by atoms with Gasteiger partial charge >= 0.3 is 0 Å². The van der Waals surface area contributed by atoms with E-state index in [0.717, 1.165) is 23.3 Å². The van der Waals surface area contributed by atoms with Crippen LogP contribution in [0.4, 0.5) is 0 Å². The fourth-order valence-corrected chi connectivity index (χ4v) is 2.89. The number of hydrogen-bond donors (Lipinski definition) is 2. The first-order valence-electron chi connectivity index (χ1n) is 7.59. The van der Waals surface area contributed by atoms with Gasteiger partial charge in [-0.05, 0) is 23.6 Å². The number of likely N-dealkylation sites (N-methyl/N-ethyl adjacent to an activating group) is 1. The number of allylic oxidation sites excluding steroid dienone is 8. The van der Waals surface area contributed by atoms with E-state index in [0.29, 0.717) is 11.6 Å². The van der Waals surface area contributed by atoms with Crippen LogP contribution in [0.2, 0.25) is 0 Å². The maximum Gasteiger partial charge on any atom is 0.0633 e. The normalized spacial score (nSPS) is 22.5. The highest BCUT2D eigenvalue weighted by Gasteiger charge is 2.16. The lowest BCUT2D eigenvalue weighted by molar-refractivity contribution is 0.839. The van der Waals surface area contributed by atoms with Crippen molar-refractivity contribution in [2.75, 3.05) is 7.05 Å². The molecule has 0 aromatic heterocycles. The maximum atomic E-state index is 8.09. The summed E-state index contributed by atoms with van der Waals surface area (Å²) in [4.78, 5) is 0. The van der Waals surface area contributed by atoms with E-state index in [2.05, 4.69) is 53.9 Å². The van der Waals surface area contributed by atoms with E-state index in [1.807, 2.05) is 31.4 Å². The Morgan fingerprint density at radius 1 is 1.09 bits per heavy atom. The van der Waals surface area contributed by atoms with Gasteiger partial charge < -0.3 is 10.7 Å². The van der Waals surface area contributed by atoms with Crippen molar-refractivity contribution in [2.24, 2.45) is 0 Å². The molecule has 1 unspecified atom stereocenters. The molecule has 22 heavy (non-hydrogen) atoms. The highest BCUT2D eigenvalue weighted by atomic mass is 14.8. The zero-order chi connectivity index (χ0) is 15.4. The molecule has 0 saturated heterocycles. The number of nitrogens with one attached hydrogen (secondary N) is 2. The van der Waals surface area contributed by atoms with Crippen molar-refractivity contribution >= 4 is 5.71 Å². The fourth-order valence-electron chi connectivity index (χ4n) is 2.89. The molecule has 2 aliphatic carbocycles. The summed E-state index contributed by atoms with van der Waals surface area (Å²) in [6.07, 6.45) is 15.4. The van der Waals surface area contributed by atoms with Crippen LogP contribution < -0.4 is 5.32 Å². The van der Waals surface area contributed by atoms with E-state index in [9.17, 15) is 0 Å². The summed E-state index contributed by atoms with van der Waals surface area (Å²) in [7, 11) is 1.92. The van der Waals surface area contributed by atoms with Crippen LogP contribution in [-0.2, 0) is 0 Å².